The molecule has 3 heterocycles. The van der Waals surface area contributed by atoms with Gasteiger partial charge >= 0.3 is 0 Å². The van der Waals surface area contributed by atoms with Crippen molar-refractivity contribution in [3.05, 3.63) is 36.2 Å². The molecule has 0 spiro atoms. The van der Waals surface area contributed by atoms with Crippen molar-refractivity contribution < 1.29 is 23.4 Å². The second kappa shape index (κ2) is 11.2. The molecule has 0 bridgehead atoms. The maximum absolute atomic E-state index is 12.0. The van der Waals surface area contributed by atoms with Crippen LogP contribution in [0, 0.1) is 0 Å². The van der Waals surface area contributed by atoms with E-state index in [0.717, 1.165) is 12.0 Å². The minimum Gasteiger partial charge on any atom is -0.388 e. The molecule has 2 aromatic heterocycles. The van der Waals surface area contributed by atoms with Gasteiger partial charge in [-0.15, -0.1) is 0 Å². The summed E-state index contributed by atoms with van der Waals surface area (Å²) in [6.45, 7) is 3.51. The number of carbonyl (C=O) groups is 1. The summed E-state index contributed by atoms with van der Waals surface area (Å²) in [5, 5.41) is 32.8. The fourth-order valence-electron chi connectivity index (χ4n) is 5.29. The average Bonchev–Trinajstić information content (AvgIpc) is 3.62. The number of rotatable bonds is 9. The SMILES string of the molecule is CCC(=O)N[C@H]1C[C@@H](n2cnc3c(NCCc4ccc(S(N)(=O)=O)cc4)nc(N4CC[C@@H](N)C4)nc32)[C@H](O)[C@@H]1O. The molecule has 14 nitrogen and oxygen atoms in total. The first-order chi connectivity index (χ1) is 19.0. The van der Waals surface area contributed by atoms with E-state index in [2.05, 4.69) is 15.6 Å². The second-order valence-corrected chi connectivity index (χ2v) is 11.9. The zero-order valence-corrected chi connectivity index (χ0v) is 23.0. The van der Waals surface area contributed by atoms with Crippen molar-refractivity contribution in [1.29, 1.82) is 0 Å². The molecule has 1 aliphatic carbocycles. The number of carbonyl (C=O) groups excluding carboxylic acids is 1. The Morgan fingerprint density at radius 1 is 1.18 bits per heavy atom. The largest absolute Gasteiger partial charge is 0.388 e. The number of aliphatic hydroxyl groups is 2. The first-order valence-corrected chi connectivity index (χ1v) is 14.9. The molecule has 40 heavy (non-hydrogen) atoms. The van der Waals surface area contributed by atoms with E-state index in [-0.39, 0.29) is 23.3 Å². The molecule has 0 radical (unpaired) electrons. The van der Waals surface area contributed by atoms with Gasteiger partial charge in [0.05, 0.1) is 23.3 Å². The summed E-state index contributed by atoms with van der Waals surface area (Å²) in [6.07, 6.45) is 1.28. The number of primary sulfonamides is 1. The van der Waals surface area contributed by atoms with Crippen LogP contribution >= 0.6 is 0 Å². The predicted octanol–water partition coefficient (Wildman–Crippen LogP) is -0.773. The third-order valence-corrected chi connectivity index (χ3v) is 8.48. The van der Waals surface area contributed by atoms with Crippen LogP contribution in [0.4, 0.5) is 11.8 Å². The maximum Gasteiger partial charge on any atom is 0.238 e. The van der Waals surface area contributed by atoms with Gasteiger partial charge in [-0.25, -0.2) is 18.5 Å². The minimum absolute atomic E-state index is 0.00987. The Kier molecular flexibility index (Phi) is 7.92. The maximum atomic E-state index is 12.0. The lowest BCUT2D eigenvalue weighted by Crippen LogP contribution is -2.42. The van der Waals surface area contributed by atoms with Crippen molar-refractivity contribution in [2.75, 3.05) is 29.9 Å². The fraction of sp³-hybridized carbons (Fsp3) is 0.520. The predicted molar refractivity (Wildman–Crippen MR) is 148 cm³/mol. The molecule has 216 valence electrons. The molecule has 2 fully saturated rings. The number of nitrogens with zero attached hydrogens (tertiary/aromatic N) is 5. The summed E-state index contributed by atoms with van der Waals surface area (Å²) in [4.78, 5) is 28.1. The van der Waals surface area contributed by atoms with E-state index < -0.39 is 34.3 Å². The Hall–Kier alpha value is -3.37. The summed E-state index contributed by atoms with van der Waals surface area (Å²) in [6, 6.07) is 5.22. The highest BCUT2D eigenvalue weighted by atomic mass is 32.2. The Balaban J connectivity index is 1.41. The van der Waals surface area contributed by atoms with Crippen LogP contribution in [-0.4, -0.2) is 88.0 Å². The number of anilines is 2. The molecule has 1 saturated carbocycles. The van der Waals surface area contributed by atoms with Crippen molar-refractivity contribution in [3.8, 4) is 0 Å². The molecule has 3 aromatic rings. The van der Waals surface area contributed by atoms with E-state index in [4.69, 9.17) is 20.8 Å². The molecule has 5 rings (SSSR count). The van der Waals surface area contributed by atoms with Crippen LogP contribution in [0.1, 0.15) is 37.8 Å². The van der Waals surface area contributed by atoms with E-state index in [1.807, 2.05) is 4.90 Å². The highest BCUT2D eigenvalue weighted by Crippen LogP contribution is 2.35. The van der Waals surface area contributed by atoms with Crippen molar-refractivity contribution in [2.45, 2.75) is 67.8 Å². The zero-order valence-electron chi connectivity index (χ0n) is 22.1. The number of imidazole rings is 1. The molecule has 1 aromatic carbocycles. The van der Waals surface area contributed by atoms with Gasteiger partial charge in [-0.05, 0) is 37.0 Å². The van der Waals surface area contributed by atoms with Crippen LogP contribution in [0.3, 0.4) is 0 Å². The number of hydrogen-bond donors (Lipinski definition) is 6. The van der Waals surface area contributed by atoms with Gasteiger partial charge in [-0.2, -0.15) is 9.97 Å². The number of benzene rings is 1. The molecule has 1 aliphatic heterocycles. The number of nitrogens with two attached hydrogens (primary N) is 2. The van der Waals surface area contributed by atoms with Crippen LogP contribution in [0.15, 0.2) is 35.5 Å². The number of hydrogen-bond acceptors (Lipinski definition) is 11. The lowest BCUT2D eigenvalue weighted by molar-refractivity contribution is -0.122. The van der Waals surface area contributed by atoms with E-state index >= 15 is 0 Å². The highest BCUT2D eigenvalue weighted by molar-refractivity contribution is 7.89. The number of fused-ring (bicyclic) bond motifs is 1. The van der Waals surface area contributed by atoms with Crippen LogP contribution in [0.2, 0.25) is 0 Å². The van der Waals surface area contributed by atoms with E-state index in [1.165, 1.54) is 12.1 Å². The van der Waals surface area contributed by atoms with Crippen LogP contribution in [-0.2, 0) is 21.2 Å². The lowest BCUT2D eigenvalue weighted by Gasteiger charge is -2.20. The lowest BCUT2D eigenvalue weighted by atomic mass is 10.1. The monoisotopic (exact) mass is 573 g/mol. The third-order valence-electron chi connectivity index (χ3n) is 7.55. The summed E-state index contributed by atoms with van der Waals surface area (Å²) in [5.41, 5.74) is 8.03. The first-order valence-electron chi connectivity index (χ1n) is 13.3. The normalized spacial score (nSPS) is 25.0. The molecule has 1 amide bonds. The second-order valence-electron chi connectivity index (χ2n) is 10.4. The van der Waals surface area contributed by atoms with Crippen molar-refractivity contribution in [2.24, 2.45) is 10.9 Å². The van der Waals surface area contributed by atoms with Gasteiger partial charge < -0.3 is 36.0 Å². The van der Waals surface area contributed by atoms with E-state index in [9.17, 15) is 23.4 Å². The van der Waals surface area contributed by atoms with Gasteiger partial charge in [-0.3, -0.25) is 4.79 Å². The molecule has 2 aliphatic rings. The number of sulfonamides is 1. The molecule has 8 N–H and O–H groups in total. The van der Waals surface area contributed by atoms with Crippen molar-refractivity contribution >= 4 is 38.9 Å². The van der Waals surface area contributed by atoms with E-state index in [0.29, 0.717) is 55.4 Å². The fourth-order valence-corrected chi connectivity index (χ4v) is 5.80. The van der Waals surface area contributed by atoms with E-state index in [1.54, 1.807) is 30.0 Å². The van der Waals surface area contributed by atoms with Gasteiger partial charge in [0, 0.05) is 32.1 Å². The smallest absolute Gasteiger partial charge is 0.238 e. The Labute approximate surface area is 231 Å². The summed E-state index contributed by atoms with van der Waals surface area (Å²) < 4.78 is 24.8. The van der Waals surface area contributed by atoms with Gasteiger partial charge in [0.15, 0.2) is 17.0 Å². The molecule has 5 atom stereocenters. The van der Waals surface area contributed by atoms with Gasteiger partial charge in [0.25, 0.3) is 0 Å². The number of amides is 1. The third kappa shape index (κ3) is 5.74. The van der Waals surface area contributed by atoms with Crippen molar-refractivity contribution in [1.82, 2.24) is 24.8 Å². The quantitative estimate of drug-likeness (QED) is 0.187. The topological polar surface area (TPSA) is 215 Å². The van der Waals surface area contributed by atoms with Gasteiger partial charge in [0.2, 0.25) is 21.9 Å². The van der Waals surface area contributed by atoms with Gasteiger partial charge in [0.1, 0.15) is 12.2 Å². The summed E-state index contributed by atoms with van der Waals surface area (Å²) >= 11 is 0. The number of nitrogens with one attached hydrogen (secondary N) is 2. The molecule has 0 unspecified atom stereocenters. The molecular formula is C25H35N9O5S. The molecule has 1 saturated heterocycles. The van der Waals surface area contributed by atoms with Crippen molar-refractivity contribution in [3.63, 3.8) is 0 Å². The number of aromatic nitrogens is 4. The zero-order chi connectivity index (χ0) is 28.6. The average molecular weight is 574 g/mol. The minimum atomic E-state index is -3.76. The van der Waals surface area contributed by atoms with Gasteiger partial charge in [-0.1, -0.05) is 19.1 Å². The summed E-state index contributed by atoms with van der Waals surface area (Å²) in [5.74, 6) is 0.781. The highest BCUT2D eigenvalue weighted by Gasteiger charge is 2.43. The Morgan fingerprint density at radius 3 is 2.58 bits per heavy atom. The Morgan fingerprint density at radius 2 is 1.93 bits per heavy atom. The standard InChI is InChI=1S/C25H35N9O5S/c1-2-19(35)30-17-11-18(22(37)21(17)36)34-13-29-20-23(31-25(32-24(20)34)33-10-8-15(26)12-33)28-9-7-14-3-5-16(6-4-14)40(27,38)39/h3-6,13,15,17-18,21-22,36-37H,2,7-12,26H2,1H3,(H,30,35)(H2,27,38,39)(H,28,31,32)/t15-,17+,18-,21-,22+/m1/s1. The molecular weight excluding hydrogens is 538 g/mol. The number of aliphatic hydroxyl groups excluding tert-OH is 2. The van der Waals surface area contributed by atoms with Crippen LogP contribution < -0.4 is 26.4 Å². The Bertz CT molecular complexity index is 1480. The molecule has 15 heteroatoms. The van der Waals surface area contributed by atoms with Crippen LogP contribution in [0.25, 0.3) is 11.2 Å². The van der Waals surface area contributed by atoms with Crippen LogP contribution in [0.5, 0.6) is 0 Å². The summed E-state index contributed by atoms with van der Waals surface area (Å²) in [7, 11) is -3.76. The first kappa shape index (κ1) is 28.2.